The lowest BCUT2D eigenvalue weighted by molar-refractivity contribution is -0.137. The zero-order valence-corrected chi connectivity index (χ0v) is 29.3. The SMILES string of the molecule is CNCc1ccc2c(-c3ccc(NCC(=O)O)c(OCCOc4cc(OC)ccc4N(CC(=O)O)CC(=O)O)c3)c3ccc(=[N+](C)C)cc-3oc2c1. The molecule has 272 valence electrons. The van der Waals surface area contributed by atoms with Gasteiger partial charge in [0.2, 0.25) is 5.36 Å². The highest BCUT2D eigenvalue weighted by atomic mass is 16.5. The number of nitrogens with one attached hydrogen (secondary N) is 2. The number of methoxy groups -OCH3 is 1. The predicted octanol–water partition coefficient (Wildman–Crippen LogP) is 3.89. The van der Waals surface area contributed by atoms with Crippen LogP contribution in [0.2, 0.25) is 0 Å². The van der Waals surface area contributed by atoms with Gasteiger partial charge in [-0.1, -0.05) is 18.2 Å². The number of aliphatic carboxylic acids is 3. The Morgan fingerprint density at radius 3 is 2.21 bits per heavy atom. The molecule has 1 aliphatic heterocycles. The van der Waals surface area contributed by atoms with E-state index in [1.807, 2.05) is 74.2 Å². The molecule has 14 heteroatoms. The maximum absolute atomic E-state index is 11.5. The van der Waals surface area contributed by atoms with E-state index >= 15 is 0 Å². The molecule has 0 saturated heterocycles. The Morgan fingerprint density at radius 1 is 0.827 bits per heavy atom. The Bertz CT molecular complexity index is 2120. The highest BCUT2D eigenvalue weighted by Gasteiger charge is 2.21. The maximum atomic E-state index is 11.5. The highest BCUT2D eigenvalue weighted by molar-refractivity contribution is 6.02. The van der Waals surface area contributed by atoms with Crippen molar-refractivity contribution in [1.29, 1.82) is 0 Å². The second-order valence-corrected chi connectivity index (χ2v) is 12.0. The van der Waals surface area contributed by atoms with Gasteiger partial charge in [0.05, 0.1) is 24.6 Å². The molecule has 2 aliphatic rings. The Labute approximate surface area is 299 Å². The number of benzene rings is 4. The molecule has 14 nitrogen and oxygen atoms in total. The summed E-state index contributed by atoms with van der Waals surface area (Å²) in [6.45, 7) is -0.866. The van der Waals surface area contributed by atoms with Crippen molar-refractivity contribution in [3.63, 3.8) is 0 Å². The van der Waals surface area contributed by atoms with Gasteiger partial charge in [0.15, 0.2) is 0 Å². The van der Waals surface area contributed by atoms with Gasteiger partial charge in [0.25, 0.3) is 0 Å². The maximum Gasteiger partial charge on any atom is 0.323 e. The molecule has 52 heavy (non-hydrogen) atoms. The van der Waals surface area contributed by atoms with Gasteiger partial charge in [-0.3, -0.25) is 14.4 Å². The van der Waals surface area contributed by atoms with Crippen molar-refractivity contribution in [1.82, 2.24) is 9.89 Å². The van der Waals surface area contributed by atoms with E-state index in [2.05, 4.69) is 10.6 Å². The molecule has 0 spiro atoms. The van der Waals surface area contributed by atoms with Crippen LogP contribution in [0.5, 0.6) is 17.2 Å². The van der Waals surface area contributed by atoms with Crippen molar-refractivity contribution in [3.05, 3.63) is 83.7 Å². The van der Waals surface area contributed by atoms with E-state index in [-0.39, 0.29) is 31.2 Å². The second-order valence-electron chi connectivity index (χ2n) is 12.0. The van der Waals surface area contributed by atoms with Gasteiger partial charge in [0, 0.05) is 35.2 Å². The van der Waals surface area contributed by atoms with E-state index in [9.17, 15) is 29.7 Å². The lowest BCUT2D eigenvalue weighted by Gasteiger charge is -2.24. The molecule has 1 heterocycles. The number of nitrogens with zero attached hydrogens (tertiary/aromatic N) is 2. The minimum absolute atomic E-state index is 0.00902. The monoisotopic (exact) mass is 713 g/mol. The lowest BCUT2D eigenvalue weighted by Crippen LogP contribution is -2.34. The predicted molar refractivity (Wildman–Crippen MR) is 196 cm³/mol. The van der Waals surface area contributed by atoms with Crippen LogP contribution in [0.3, 0.4) is 0 Å². The van der Waals surface area contributed by atoms with Crippen LogP contribution in [0.1, 0.15) is 5.56 Å². The van der Waals surface area contributed by atoms with Crippen LogP contribution >= 0.6 is 0 Å². The first-order chi connectivity index (χ1) is 25.0. The summed E-state index contributed by atoms with van der Waals surface area (Å²) in [5, 5.41) is 36.1. The van der Waals surface area contributed by atoms with Crippen molar-refractivity contribution in [2.75, 3.05) is 71.3 Å². The molecule has 5 N–H and O–H groups in total. The molecule has 5 rings (SSSR count). The van der Waals surface area contributed by atoms with E-state index in [4.69, 9.17) is 18.6 Å². The molecular weight excluding hydrogens is 672 g/mol. The van der Waals surface area contributed by atoms with Gasteiger partial charge < -0.3 is 49.5 Å². The van der Waals surface area contributed by atoms with Crippen LogP contribution < -0.4 is 39.7 Å². The molecule has 3 aromatic rings. The first kappa shape index (κ1) is 37.0. The first-order valence-corrected chi connectivity index (χ1v) is 16.3. The van der Waals surface area contributed by atoms with Gasteiger partial charge >= 0.3 is 17.9 Å². The number of hydrogen-bond acceptors (Lipinski definition) is 10. The number of carbonyl (C=O) groups is 3. The molecule has 1 aliphatic carbocycles. The average Bonchev–Trinajstić information content (AvgIpc) is 3.10. The van der Waals surface area contributed by atoms with Gasteiger partial charge in [0.1, 0.15) is 75.5 Å². The Kier molecular flexibility index (Phi) is 11.8. The Morgan fingerprint density at radius 2 is 1.56 bits per heavy atom. The summed E-state index contributed by atoms with van der Waals surface area (Å²) in [6.07, 6.45) is 0. The normalized spacial score (nSPS) is 10.9. The minimum Gasteiger partial charge on any atom is -0.497 e. The lowest BCUT2D eigenvalue weighted by atomic mass is 9.93. The Hall–Kier alpha value is -6.28. The smallest absolute Gasteiger partial charge is 0.323 e. The highest BCUT2D eigenvalue weighted by Crippen LogP contribution is 2.42. The summed E-state index contributed by atoms with van der Waals surface area (Å²) in [7, 11) is 7.26. The Balaban J connectivity index is 1.51. The molecule has 0 unspecified atom stereocenters. The van der Waals surface area contributed by atoms with E-state index in [1.54, 1.807) is 12.1 Å². The molecule has 0 fully saturated rings. The molecule has 0 bridgehead atoms. The average molecular weight is 714 g/mol. The zero-order valence-electron chi connectivity index (χ0n) is 29.3. The topological polar surface area (TPSA) is 183 Å². The van der Waals surface area contributed by atoms with Crippen LogP contribution in [0.25, 0.3) is 33.4 Å². The number of anilines is 2. The molecule has 0 radical (unpaired) electrons. The van der Waals surface area contributed by atoms with E-state index < -0.39 is 31.0 Å². The fourth-order valence-corrected chi connectivity index (χ4v) is 5.79. The number of fused-ring (bicyclic) bond motifs is 2. The number of carboxylic acids is 3. The number of ether oxygens (including phenoxy) is 3. The van der Waals surface area contributed by atoms with Crippen LogP contribution in [-0.4, -0.2) is 94.3 Å². The summed E-state index contributed by atoms with van der Waals surface area (Å²) >= 11 is 0. The summed E-state index contributed by atoms with van der Waals surface area (Å²) in [5.41, 5.74) is 5.03. The first-order valence-electron chi connectivity index (χ1n) is 16.3. The standard InChI is InChI=1S/C38H40N4O10/c1-39-19-23-5-9-27-31(15-23)52-32-17-25(41(2)3)7-10-28(32)38(27)24-6-11-29(40-20-35(43)44)33(16-24)50-13-14-51-34-18-26(49-4)8-12-30(34)42(21-36(45)46)22-37(47)48/h5-12,15-18,39H,13-14,19-22H2,1-4H3,(H3,43,44,45,46,47,48)/p+1. The fourth-order valence-electron chi connectivity index (χ4n) is 5.79. The second kappa shape index (κ2) is 16.6. The van der Waals surface area contributed by atoms with Crippen molar-refractivity contribution in [2.24, 2.45) is 0 Å². The number of hydrogen-bond donors (Lipinski definition) is 5. The van der Waals surface area contributed by atoms with Gasteiger partial charge in [-0.05, 0) is 54.6 Å². The molecule has 0 amide bonds. The van der Waals surface area contributed by atoms with E-state index in [1.165, 1.54) is 24.1 Å². The van der Waals surface area contributed by atoms with Crippen LogP contribution in [0.4, 0.5) is 11.4 Å². The molecule has 0 atom stereocenters. The van der Waals surface area contributed by atoms with Crippen LogP contribution in [0, 0.1) is 0 Å². The number of carboxylic acid groups (broad SMARTS) is 3. The fraction of sp³-hybridized carbons (Fsp3) is 0.263. The summed E-state index contributed by atoms with van der Waals surface area (Å²) < 4.78 is 26.0. The molecule has 0 saturated carbocycles. The molecule has 0 aromatic heterocycles. The van der Waals surface area contributed by atoms with Crippen molar-refractivity contribution >= 4 is 40.3 Å². The third-order valence-corrected chi connectivity index (χ3v) is 8.13. The van der Waals surface area contributed by atoms with E-state index in [0.717, 1.165) is 33.0 Å². The third kappa shape index (κ3) is 8.89. The quantitative estimate of drug-likeness (QED) is 0.0532. The van der Waals surface area contributed by atoms with Gasteiger partial charge in [-0.25, -0.2) is 4.58 Å². The number of rotatable bonds is 17. The molecule has 3 aromatic carbocycles. The van der Waals surface area contributed by atoms with Crippen LogP contribution in [-0.2, 0) is 20.9 Å². The summed E-state index contributed by atoms with van der Waals surface area (Å²) in [5.74, 6) is -1.80. The summed E-state index contributed by atoms with van der Waals surface area (Å²) in [4.78, 5) is 35.7. The zero-order chi connectivity index (χ0) is 37.4. The van der Waals surface area contributed by atoms with E-state index in [0.29, 0.717) is 35.1 Å². The van der Waals surface area contributed by atoms with Gasteiger partial charge in [-0.2, -0.15) is 0 Å². The van der Waals surface area contributed by atoms with Crippen molar-refractivity contribution < 1.29 is 48.3 Å². The third-order valence-electron chi connectivity index (χ3n) is 8.13. The largest absolute Gasteiger partial charge is 0.497 e. The van der Waals surface area contributed by atoms with Crippen molar-refractivity contribution in [2.45, 2.75) is 6.54 Å². The minimum atomic E-state index is -1.21. The van der Waals surface area contributed by atoms with Crippen LogP contribution in [0.15, 0.2) is 77.2 Å². The molecular formula is C38H41N4O10+. The summed E-state index contributed by atoms with van der Waals surface area (Å²) in [6, 6.07) is 22.2. The van der Waals surface area contributed by atoms with Gasteiger partial charge in [-0.15, -0.1) is 0 Å². The van der Waals surface area contributed by atoms with Crippen molar-refractivity contribution in [3.8, 4) is 39.7 Å².